The van der Waals surface area contributed by atoms with Gasteiger partial charge in [0, 0.05) is 19.2 Å². The maximum atomic E-state index is 5.65. The van der Waals surface area contributed by atoms with Gasteiger partial charge in [0.15, 0.2) is 0 Å². The van der Waals surface area contributed by atoms with E-state index in [1.54, 1.807) is 7.11 Å². The summed E-state index contributed by atoms with van der Waals surface area (Å²) in [4.78, 5) is 0. The first-order chi connectivity index (χ1) is 7.44. The summed E-state index contributed by atoms with van der Waals surface area (Å²) in [5, 5.41) is 0. The van der Waals surface area contributed by atoms with Crippen molar-refractivity contribution in [3.63, 3.8) is 0 Å². The number of hydrogen-bond acceptors (Lipinski definition) is 3. The highest BCUT2D eigenvalue weighted by molar-refractivity contribution is 9.10. The molecular weight excluding hydrogens is 270 g/mol. The minimum absolute atomic E-state index is 0.152. The molecule has 0 aromatic heterocycles. The van der Waals surface area contributed by atoms with Crippen LogP contribution in [0.2, 0.25) is 0 Å². The van der Waals surface area contributed by atoms with E-state index in [-0.39, 0.29) is 5.60 Å². The molecule has 1 aromatic carbocycles. The topological polar surface area (TPSA) is 44.5 Å². The zero-order valence-electron chi connectivity index (χ0n) is 9.92. The Labute approximate surface area is 105 Å². The van der Waals surface area contributed by atoms with Crippen LogP contribution in [-0.4, -0.2) is 19.3 Å². The predicted molar refractivity (Wildman–Crippen MR) is 69.8 cm³/mol. The molecule has 0 aliphatic rings. The van der Waals surface area contributed by atoms with Gasteiger partial charge in [0.25, 0.3) is 0 Å². The Kier molecular flexibility index (Phi) is 4.62. The largest absolute Gasteiger partial charge is 0.492 e. The van der Waals surface area contributed by atoms with E-state index in [2.05, 4.69) is 15.9 Å². The van der Waals surface area contributed by atoms with Crippen LogP contribution < -0.4 is 10.5 Å². The van der Waals surface area contributed by atoms with Crippen molar-refractivity contribution < 1.29 is 9.47 Å². The quantitative estimate of drug-likeness (QED) is 0.846. The van der Waals surface area contributed by atoms with Crippen LogP contribution in [-0.2, 0) is 4.74 Å². The van der Waals surface area contributed by atoms with Crippen LogP contribution >= 0.6 is 15.9 Å². The first kappa shape index (κ1) is 13.3. The maximum absolute atomic E-state index is 5.65. The van der Waals surface area contributed by atoms with E-state index in [1.165, 1.54) is 0 Å². The second-order valence-corrected chi connectivity index (χ2v) is 5.11. The highest BCUT2D eigenvalue weighted by atomic mass is 79.9. The summed E-state index contributed by atoms with van der Waals surface area (Å²) < 4.78 is 11.8. The van der Waals surface area contributed by atoms with Crippen LogP contribution in [0.4, 0.5) is 5.69 Å². The Morgan fingerprint density at radius 3 is 2.62 bits per heavy atom. The summed E-state index contributed by atoms with van der Waals surface area (Å²) in [6, 6.07) is 5.51. The molecule has 0 saturated heterocycles. The molecule has 0 aliphatic heterocycles. The van der Waals surface area contributed by atoms with Crippen molar-refractivity contribution in [2.45, 2.75) is 25.9 Å². The number of nitrogen functional groups attached to an aromatic ring is 1. The summed E-state index contributed by atoms with van der Waals surface area (Å²) in [7, 11) is 1.71. The van der Waals surface area contributed by atoms with Crippen LogP contribution in [0, 0.1) is 0 Å². The molecular formula is C12H18BrNO2. The molecule has 4 heteroatoms. The molecule has 0 atom stereocenters. The van der Waals surface area contributed by atoms with Crippen LogP contribution in [0.3, 0.4) is 0 Å². The molecule has 0 saturated carbocycles. The molecule has 1 rings (SSSR count). The van der Waals surface area contributed by atoms with E-state index in [1.807, 2.05) is 32.0 Å². The van der Waals surface area contributed by atoms with Crippen molar-refractivity contribution in [2.75, 3.05) is 19.5 Å². The number of anilines is 1. The lowest BCUT2D eigenvalue weighted by Crippen LogP contribution is -2.25. The Bertz CT molecular complexity index is 353. The first-order valence-electron chi connectivity index (χ1n) is 5.17. The third-order valence-electron chi connectivity index (χ3n) is 2.47. The Hall–Kier alpha value is -0.740. The van der Waals surface area contributed by atoms with Gasteiger partial charge in [-0.05, 0) is 48.0 Å². The monoisotopic (exact) mass is 287 g/mol. The summed E-state index contributed by atoms with van der Waals surface area (Å²) >= 11 is 3.41. The molecule has 90 valence electrons. The Morgan fingerprint density at radius 2 is 2.06 bits per heavy atom. The summed E-state index contributed by atoms with van der Waals surface area (Å²) in [6.07, 6.45) is 0.834. The van der Waals surface area contributed by atoms with Crippen molar-refractivity contribution in [3.8, 4) is 5.75 Å². The summed E-state index contributed by atoms with van der Waals surface area (Å²) in [5.41, 5.74) is 6.21. The fourth-order valence-electron chi connectivity index (χ4n) is 1.14. The molecule has 0 amide bonds. The van der Waals surface area contributed by atoms with Gasteiger partial charge in [0.2, 0.25) is 0 Å². The fourth-order valence-corrected chi connectivity index (χ4v) is 1.65. The highest BCUT2D eigenvalue weighted by Gasteiger charge is 2.16. The standard InChI is InChI=1S/C12H18BrNO2/c1-12(2,15-3)6-7-16-11-5-4-9(14)8-10(11)13/h4-5,8H,6-7,14H2,1-3H3. The van der Waals surface area contributed by atoms with E-state index in [4.69, 9.17) is 15.2 Å². The second kappa shape index (κ2) is 5.55. The number of rotatable bonds is 5. The highest BCUT2D eigenvalue weighted by Crippen LogP contribution is 2.27. The molecule has 0 spiro atoms. The Morgan fingerprint density at radius 1 is 1.38 bits per heavy atom. The van der Waals surface area contributed by atoms with Crippen LogP contribution in [0.25, 0.3) is 0 Å². The average Bonchev–Trinajstić information content (AvgIpc) is 2.21. The van der Waals surface area contributed by atoms with Crippen LogP contribution in [0.1, 0.15) is 20.3 Å². The molecule has 0 heterocycles. The van der Waals surface area contributed by atoms with Gasteiger partial charge >= 0.3 is 0 Å². The SMILES string of the molecule is COC(C)(C)CCOc1ccc(N)cc1Br. The van der Waals surface area contributed by atoms with E-state index < -0.39 is 0 Å². The number of nitrogens with two attached hydrogens (primary N) is 1. The zero-order chi connectivity index (χ0) is 12.2. The number of methoxy groups -OCH3 is 1. The molecule has 2 N–H and O–H groups in total. The zero-order valence-corrected chi connectivity index (χ0v) is 11.5. The number of ether oxygens (including phenoxy) is 2. The van der Waals surface area contributed by atoms with E-state index >= 15 is 0 Å². The fraction of sp³-hybridized carbons (Fsp3) is 0.500. The lowest BCUT2D eigenvalue weighted by atomic mass is 10.1. The van der Waals surface area contributed by atoms with E-state index in [0.717, 1.165) is 22.3 Å². The van der Waals surface area contributed by atoms with Gasteiger partial charge < -0.3 is 15.2 Å². The van der Waals surface area contributed by atoms with E-state index in [9.17, 15) is 0 Å². The molecule has 0 bridgehead atoms. The molecule has 0 unspecified atom stereocenters. The smallest absolute Gasteiger partial charge is 0.133 e. The van der Waals surface area contributed by atoms with Crippen molar-refractivity contribution >= 4 is 21.6 Å². The van der Waals surface area contributed by atoms with Crippen LogP contribution in [0.15, 0.2) is 22.7 Å². The van der Waals surface area contributed by atoms with Crippen molar-refractivity contribution in [3.05, 3.63) is 22.7 Å². The van der Waals surface area contributed by atoms with Gasteiger partial charge in [0.1, 0.15) is 5.75 Å². The van der Waals surface area contributed by atoms with Crippen molar-refractivity contribution in [2.24, 2.45) is 0 Å². The third-order valence-corrected chi connectivity index (χ3v) is 3.09. The minimum Gasteiger partial charge on any atom is -0.492 e. The van der Waals surface area contributed by atoms with Crippen molar-refractivity contribution in [1.29, 1.82) is 0 Å². The lowest BCUT2D eigenvalue weighted by Gasteiger charge is -2.22. The number of halogens is 1. The summed E-state index contributed by atoms with van der Waals surface area (Å²) in [6.45, 7) is 4.69. The summed E-state index contributed by atoms with van der Waals surface area (Å²) in [5.74, 6) is 0.807. The molecule has 0 radical (unpaired) electrons. The molecule has 0 fully saturated rings. The van der Waals surface area contributed by atoms with Crippen molar-refractivity contribution in [1.82, 2.24) is 0 Å². The first-order valence-corrected chi connectivity index (χ1v) is 5.97. The van der Waals surface area contributed by atoms with Gasteiger partial charge in [-0.3, -0.25) is 0 Å². The predicted octanol–water partition coefficient (Wildman–Crippen LogP) is 3.23. The van der Waals surface area contributed by atoms with Gasteiger partial charge in [0.05, 0.1) is 16.7 Å². The molecule has 0 aliphatic carbocycles. The van der Waals surface area contributed by atoms with Gasteiger partial charge in [-0.1, -0.05) is 0 Å². The lowest BCUT2D eigenvalue weighted by molar-refractivity contribution is 0.00539. The average molecular weight is 288 g/mol. The Balaban J connectivity index is 2.49. The minimum atomic E-state index is -0.152. The van der Waals surface area contributed by atoms with Crippen LogP contribution in [0.5, 0.6) is 5.75 Å². The second-order valence-electron chi connectivity index (χ2n) is 4.25. The van der Waals surface area contributed by atoms with E-state index in [0.29, 0.717) is 6.61 Å². The third kappa shape index (κ3) is 4.02. The number of hydrogen-bond donors (Lipinski definition) is 1. The van der Waals surface area contributed by atoms with Gasteiger partial charge in [-0.25, -0.2) is 0 Å². The molecule has 3 nitrogen and oxygen atoms in total. The molecule has 16 heavy (non-hydrogen) atoms. The maximum Gasteiger partial charge on any atom is 0.133 e. The van der Waals surface area contributed by atoms with Gasteiger partial charge in [-0.2, -0.15) is 0 Å². The molecule has 1 aromatic rings. The normalized spacial score (nSPS) is 11.5. The number of benzene rings is 1. The van der Waals surface area contributed by atoms with Gasteiger partial charge in [-0.15, -0.1) is 0 Å².